The van der Waals surface area contributed by atoms with Crippen molar-refractivity contribution < 1.29 is 14.7 Å². The molecule has 20 heavy (non-hydrogen) atoms. The van der Waals surface area contributed by atoms with Crippen LogP contribution in [0.3, 0.4) is 0 Å². The van der Waals surface area contributed by atoms with Gasteiger partial charge in [0.2, 0.25) is 0 Å². The molecule has 0 aromatic rings. The minimum atomic E-state index is -0.753. The number of carbonyl (C=O) groups excluding carboxylic acids is 1. The van der Waals surface area contributed by atoms with Crippen LogP contribution in [0, 0.1) is 5.92 Å². The SMILES string of the molecule is CC1=CCCN(C(=O)NC(C)CCCC(C)C(=O)O)C1. The summed E-state index contributed by atoms with van der Waals surface area (Å²) in [6, 6.07) is 0.0611. The Labute approximate surface area is 121 Å². The van der Waals surface area contributed by atoms with Crippen LogP contribution in [0.15, 0.2) is 11.6 Å². The molecule has 1 aliphatic heterocycles. The van der Waals surface area contributed by atoms with E-state index < -0.39 is 5.97 Å². The molecule has 1 rings (SSSR count). The first-order chi connectivity index (χ1) is 9.40. The average Bonchev–Trinajstić information content (AvgIpc) is 2.38. The van der Waals surface area contributed by atoms with Crippen LogP contribution in [0.25, 0.3) is 0 Å². The first-order valence-corrected chi connectivity index (χ1v) is 7.34. The zero-order valence-electron chi connectivity index (χ0n) is 12.7. The number of nitrogens with one attached hydrogen (secondary N) is 1. The fourth-order valence-electron chi connectivity index (χ4n) is 2.31. The van der Waals surface area contributed by atoms with Gasteiger partial charge in [-0.25, -0.2) is 4.79 Å². The maximum atomic E-state index is 12.1. The van der Waals surface area contributed by atoms with Gasteiger partial charge in [-0.05, 0) is 33.1 Å². The van der Waals surface area contributed by atoms with E-state index in [1.165, 1.54) is 5.57 Å². The molecule has 2 amide bonds. The van der Waals surface area contributed by atoms with Crippen molar-refractivity contribution in [1.82, 2.24) is 10.2 Å². The minimum Gasteiger partial charge on any atom is -0.481 e. The molecular formula is C15H26N2O3. The first kappa shape index (κ1) is 16.5. The highest BCUT2D eigenvalue weighted by molar-refractivity contribution is 5.75. The van der Waals surface area contributed by atoms with Crippen molar-refractivity contribution in [2.24, 2.45) is 5.92 Å². The molecule has 2 atom stereocenters. The Morgan fingerprint density at radius 1 is 1.40 bits per heavy atom. The number of urea groups is 1. The molecule has 1 aliphatic rings. The van der Waals surface area contributed by atoms with Crippen molar-refractivity contribution in [3.63, 3.8) is 0 Å². The van der Waals surface area contributed by atoms with Crippen LogP contribution in [0.2, 0.25) is 0 Å². The molecular weight excluding hydrogens is 256 g/mol. The molecule has 5 heteroatoms. The molecule has 114 valence electrons. The maximum Gasteiger partial charge on any atom is 0.317 e. The van der Waals surface area contributed by atoms with Gasteiger partial charge in [0, 0.05) is 19.1 Å². The van der Waals surface area contributed by atoms with Crippen LogP contribution in [-0.4, -0.2) is 41.1 Å². The number of carbonyl (C=O) groups is 2. The van der Waals surface area contributed by atoms with Gasteiger partial charge in [-0.2, -0.15) is 0 Å². The van der Waals surface area contributed by atoms with Crippen molar-refractivity contribution in [3.8, 4) is 0 Å². The smallest absolute Gasteiger partial charge is 0.317 e. The van der Waals surface area contributed by atoms with E-state index in [1.807, 2.05) is 18.7 Å². The first-order valence-electron chi connectivity index (χ1n) is 7.34. The highest BCUT2D eigenvalue weighted by atomic mass is 16.4. The van der Waals surface area contributed by atoms with E-state index in [0.29, 0.717) is 13.0 Å². The number of nitrogens with zero attached hydrogens (tertiary/aromatic N) is 1. The summed E-state index contributed by atoms with van der Waals surface area (Å²) in [5.41, 5.74) is 1.23. The number of rotatable bonds is 6. The third-order valence-electron chi connectivity index (χ3n) is 3.69. The van der Waals surface area contributed by atoms with Crippen molar-refractivity contribution in [2.75, 3.05) is 13.1 Å². The number of carboxylic acids is 1. The van der Waals surface area contributed by atoms with Crippen molar-refractivity contribution >= 4 is 12.0 Å². The largest absolute Gasteiger partial charge is 0.481 e. The molecule has 0 fully saturated rings. The van der Waals surface area contributed by atoms with Crippen LogP contribution < -0.4 is 5.32 Å². The lowest BCUT2D eigenvalue weighted by atomic mass is 10.0. The van der Waals surface area contributed by atoms with Gasteiger partial charge in [-0.15, -0.1) is 0 Å². The van der Waals surface area contributed by atoms with Crippen molar-refractivity contribution in [1.29, 1.82) is 0 Å². The van der Waals surface area contributed by atoms with Crippen molar-refractivity contribution in [2.45, 2.75) is 52.5 Å². The summed E-state index contributed by atoms with van der Waals surface area (Å²) < 4.78 is 0. The Morgan fingerprint density at radius 3 is 2.70 bits per heavy atom. The van der Waals surface area contributed by atoms with E-state index in [4.69, 9.17) is 5.11 Å². The summed E-state index contributed by atoms with van der Waals surface area (Å²) in [5, 5.41) is 11.8. The van der Waals surface area contributed by atoms with Crippen LogP contribution in [-0.2, 0) is 4.79 Å². The lowest BCUT2D eigenvalue weighted by Gasteiger charge is -2.28. The van der Waals surface area contributed by atoms with E-state index >= 15 is 0 Å². The molecule has 0 saturated carbocycles. The summed E-state index contributed by atoms with van der Waals surface area (Å²) in [6.45, 7) is 7.20. The van der Waals surface area contributed by atoms with Gasteiger partial charge >= 0.3 is 12.0 Å². The van der Waals surface area contributed by atoms with Crippen LogP contribution in [0.1, 0.15) is 46.5 Å². The third-order valence-corrected chi connectivity index (χ3v) is 3.69. The highest BCUT2D eigenvalue weighted by Gasteiger charge is 2.18. The Bertz CT molecular complexity index is 379. The standard InChI is InChI=1S/C15H26N2O3/c1-11-6-5-9-17(10-11)15(20)16-13(3)8-4-7-12(2)14(18)19/h6,12-13H,4-5,7-10H2,1-3H3,(H,16,20)(H,18,19). The van der Waals surface area contributed by atoms with Gasteiger partial charge in [-0.3, -0.25) is 4.79 Å². The zero-order chi connectivity index (χ0) is 15.1. The topological polar surface area (TPSA) is 69.6 Å². The quantitative estimate of drug-likeness (QED) is 0.736. The fourth-order valence-corrected chi connectivity index (χ4v) is 2.31. The lowest BCUT2D eigenvalue weighted by Crippen LogP contribution is -2.45. The van der Waals surface area contributed by atoms with Crippen LogP contribution >= 0.6 is 0 Å². The second-order valence-corrected chi connectivity index (χ2v) is 5.78. The zero-order valence-corrected chi connectivity index (χ0v) is 12.7. The summed E-state index contributed by atoms with van der Waals surface area (Å²) >= 11 is 0. The summed E-state index contributed by atoms with van der Waals surface area (Å²) in [7, 11) is 0. The van der Waals surface area contributed by atoms with E-state index in [2.05, 4.69) is 11.4 Å². The molecule has 0 aliphatic carbocycles. The Morgan fingerprint density at radius 2 is 2.10 bits per heavy atom. The van der Waals surface area contributed by atoms with Gasteiger partial charge in [-0.1, -0.05) is 25.0 Å². The number of carboxylic acid groups (broad SMARTS) is 1. The summed E-state index contributed by atoms with van der Waals surface area (Å²) in [5.74, 6) is -1.06. The van der Waals surface area contributed by atoms with Gasteiger partial charge in [0.25, 0.3) is 0 Å². The number of hydrogen-bond donors (Lipinski definition) is 2. The van der Waals surface area contributed by atoms with E-state index in [0.717, 1.165) is 25.8 Å². The Kier molecular flexibility index (Phi) is 6.55. The fraction of sp³-hybridized carbons (Fsp3) is 0.733. The normalized spacial score (nSPS) is 18.1. The van der Waals surface area contributed by atoms with E-state index in [9.17, 15) is 9.59 Å². The second kappa shape index (κ2) is 7.92. The van der Waals surface area contributed by atoms with Gasteiger partial charge in [0.05, 0.1) is 5.92 Å². The molecule has 0 radical (unpaired) electrons. The summed E-state index contributed by atoms with van der Waals surface area (Å²) in [6.07, 6.45) is 5.37. The Balaban J connectivity index is 2.24. The average molecular weight is 282 g/mol. The third kappa shape index (κ3) is 5.63. The van der Waals surface area contributed by atoms with Gasteiger partial charge in [0.15, 0.2) is 0 Å². The van der Waals surface area contributed by atoms with Crippen LogP contribution in [0.4, 0.5) is 4.79 Å². The lowest BCUT2D eigenvalue weighted by molar-refractivity contribution is -0.141. The van der Waals surface area contributed by atoms with Crippen molar-refractivity contribution in [3.05, 3.63) is 11.6 Å². The number of amides is 2. The van der Waals surface area contributed by atoms with E-state index in [1.54, 1.807) is 6.92 Å². The molecule has 0 bridgehead atoms. The Hall–Kier alpha value is -1.52. The summed E-state index contributed by atoms with van der Waals surface area (Å²) in [4.78, 5) is 24.6. The molecule has 0 saturated heterocycles. The van der Waals surface area contributed by atoms with Gasteiger partial charge in [0.1, 0.15) is 0 Å². The monoisotopic (exact) mass is 282 g/mol. The number of hydrogen-bond acceptors (Lipinski definition) is 2. The molecule has 1 heterocycles. The number of aliphatic carboxylic acids is 1. The molecule has 5 nitrogen and oxygen atoms in total. The maximum absolute atomic E-state index is 12.1. The predicted molar refractivity (Wildman–Crippen MR) is 78.6 cm³/mol. The molecule has 0 spiro atoms. The van der Waals surface area contributed by atoms with Gasteiger partial charge < -0.3 is 15.3 Å². The highest BCUT2D eigenvalue weighted by Crippen LogP contribution is 2.11. The second-order valence-electron chi connectivity index (χ2n) is 5.78. The van der Waals surface area contributed by atoms with E-state index in [-0.39, 0.29) is 18.0 Å². The van der Waals surface area contributed by atoms with Crippen LogP contribution in [0.5, 0.6) is 0 Å². The molecule has 2 N–H and O–H groups in total. The minimum absolute atomic E-state index is 0.0174. The molecule has 0 aromatic carbocycles. The molecule has 0 aromatic heterocycles. The molecule has 2 unspecified atom stereocenters. The predicted octanol–water partition coefficient (Wildman–Crippen LogP) is 2.63.